The third kappa shape index (κ3) is 9.97. The highest BCUT2D eigenvalue weighted by Gasteiger charge is 2.37. The van der Waals surface area contributed by atoms with E-state index in [1.165, 1.54) is 6.92 Å². The van der Waals surface area contributed by atoms with Gasteiger partial charge in [0.2, 0.25) is 11.8 Å². The maximum absolute atomic E-state index is 13.7. The summed E-state index contributed by atoms with van der Waals surface area (Å²) in [5.41, 5.74) is 0.184. The van der Waals surface area contributed by atoms with Crippen LogP contribution in [0.15, 0.2) is 36.9 Å². The summed E-state index contributed by atoms with van der Waals surface area (Å²) in [5, 5.41) is 25.8. The first kappa shape index (κ1) is 32.8. The summed E-state index contributed by atoms with van der Waals surface area (Å²) in [6, 6.07) is 6.65. The maximum atomic E-state index is 13.7. The van der Waals surface area contributed by atoms with Gasteiger partial charge < -0.3 is 30.5 Å². The lowest BCUT2D eigenvalue weighted by atomic mass is 9.79. The average Bonchev–Trinajstić information content (AvgIpc) is 2.84. The fourth-order valence-corrected chi connectivity index (χ4v) is 4.87. The number of carboxylic acids is 1. The molecule has 4 N–H and O–H groups in total. The lowest BCUT2D eigenvalue weighted by Gasteiger charge is -2.37. The molecule has 222 valence electrons. The van der Waals surface area contributed by atoms with Crippen molar-refractivity contribution >= 4 is 29.6 Å². The van der Waals surface area contributed by atoms with Crippen LogP contribution in [0, 0.1) is 17.3 Å². The molecular weight excluding hydrogens is 514 g/mol. The van der Waals surface area contributed by atoms with Gasteiger partial charge in [0.25, 0.3) is 0 Å². The molecular formula is C30H45N3O7. The summed E-state index contributed by atoms with van der Waals surface area (Å²) in [7, 11) is 0. The number of ether oxygens (including phenoxy) is 1. The van der Waals surface area contributed by atoms with Crippen LogP contribution in [0.3, 0.4) is 0 Å². The van der Waals surface area contributed by atoms with Gasteiger partial charge in [-0.25, -0.2) is 4.79 Å². The predicted molar refractivity (Wildman–Crippen MR) is 153 cm³/mol. The number of aliphatic hydroxyl groups excluding tert-OH is 1. The zero-order valence-electron chi connectivity index (χ0n) is 24.5. The molecule has 0 aromatic heterocycles. The predicted octanol–water partition coefficient (Wildman–Crippen LogP) is 3.67. The van der Waals surface area contributed by atoms with Crippen molar-refractivity contribution in [3.8, 4) is 0 Å². The minimum Gasteiger partial charge on any atom is -0.481 e. The highest BCUT2D eigenvalue weighted by molar-refractivity contribution is 5.96. The van der Waals surface area contributed by atoms with E-state index < -0.39 is 47.1 Å². The fraction of sp³-hybridized carbons (Fsp3) is 0.600. The summed E-state index contributed by atoms with van der Waals surface area (Å²) in [5.74, 6) is -2.65. The minimum atomic E-state index is -1.18. The van der Waals surface area contributed by atoms with Crippen LogP contribution in [0.25, 0.3) is 0 Å². The molecule has 4 atom stereocenters. The molecule has 1 heterocycles. The van der Waals surface area contributed by atoms with Crippen LogP contribution in [-0.4, -0.2) is 64.9 Å². The Hall–Kier alpha value is -3.40. The number of anilines is 1. The highest BCUT2D eigenvalue weighted by Crippen LogP contribution is 2.35. The molecule has 0 fully saturated rings. The van der Waals surface area contributed by atoms with E-state index >= 15 is 0 Å². The monoisotopic (exact) mass is 559 g/mol. The number of carbonyl (C=O) groups excluding carboxylic acids is 3. The van der Waals surface area contributed by atoms with Gasteiger partial charge in [-0.15, -0.1) is 6.58 Å². The van der Waals surface area contributed by atoms with E-state index in [1.54, 1.807) is 31.7 Å². The Balaban J connectivity index is 2.24. The van der Waals surface area contributed by atoms with Crippen LogP contribution >= 0.6 is 0 Å². The van der Waals surface area contributed by atoms with Gasteiger partial charge in [-0.1, -0.05) is 45.0 Å². The van der Waals surface area contributed by atoms with Gasteiger partial charge in [-0.3, -0.25) is 14.4 Å². The van der Waals surface area contributed by atoms with E-state index in [1.807, 2.05) is 38.1 Å². The zero-order chi connectivity index (χ0) is 30.3. The summed E-state index contributed by atoms with van der Waals surface area (Å²) in [4.78, 5) is 52.1. The Morgan fingerprint density at radius 3 is 2.42 bits per heavy atom. The van der Waals surface area contributed by atoms with Crippen molar-refractivity contribution in [3.63, 3.8) is 0 Å². The van der Waals surface area contributed by atoms with Gasteiger partial charge in [-0.2, -0.15) is 0 Å². The van der Waals surface area contributed by atoms with Gasteiger partial charge in [0.1, 0.15) is 5.60 Å². The number of carbonyl (C=O) groups is 4. The van der Waals surface area contributed by atoms with Gasteiger partial charge in [-0.05, 0) is 57.1 Å². The molecule has 1 aromatic carbocycles. The van der Waals surface area contributed by atoms with E-state index in [4.69, 9.17) is 4.74 Å². The van der Waals surface area contributed by atoms with Crippen LogP contribution in [0.4, 0.5) is 10.5 Å². The van der Waals surface area contributed by atoms with Gasteiger partial charge in [0.15, 0.2) is 0 Å². The molecule has 10 heteroatoms. The van der Waals surface area contributed by atoms with Gasteiger partial charge in [0, 0.05) is 25.2 Å². The first-order valence-corrected chi connectivity index (χ1v) is 13.7. The number of fused-ring (bicyclic) bond motifs is 1. The summed E-state index contributed by atoms with van der Waals surface area (Å²) in [6.45, 7) is 14.5. The molecule has 0 bridgehead atoms. The number of rotatable bonds is 12. The molecule has 0 saturated carbocycles. The van der Waals surface area contributed by atoms with Crippen molar-refractivity contribution in [3.05, 3.63) is 42.5 Å². The summed E-state index contributed by atoms with van der Waals surface area (Å²) in [6.07, 6.45) is 0.373. The first-order chi connectivity index (χ1) is 18.5. The Labute approximate surface area is 237 Å². The second-order valence-corrected chi connectivity index (χ2v) is 12.4. The van der Waals surface area contributed by atoms with Crippen LogP contribution < -0.4 is 15.5 Å². The largest absolute Gasteiger partial charge is 0.481 e. The molecule has 3 amide bonds. The molecule has 0 aliphatic carbocycles. The van der Waals surface area contributed by atoms with Crippen LogP contribution in [0.1, 0.15) is 66.4 Å². The van der Waals surface area contributed by atoms with Crippen molar-refractivity contribution < 1.29 is 34.1 Å². The standard InChI is InChI=1S/C30H45N3O7/c1-8-13-31-26(36)21-15-20-11-9-10-12-23(20)33(18-21)25(35)17-30(6,7)16-22(24(34)14-19(2)27(37)38)32-28(39)40-29(3,4)5/h8-12,19,21-22,24,34H,1,13-18H2,2-7H3,(H,31,36)(H,32,39)(H,37,38)/t19-,21-,22+,24+/m1/s1. The number of amides is 3. The maximum Gasteiger partial charge on any atom is 0.407 e. The normalized spacial score (nSPS) is 17.6. The lowest BCUT2D eigenvalue weighted by Crippen LogP contribution is -2.49. The van der Waals surface area contributed by atoms with E-state index in [0.29, 0.717) is 13.0 Å². The number of carboxylic acid groups (broad SMARTS) is 1. The second-order valence-electron chi connectivity index (χ2n) is 12.4. The number of hydrogen-bond donors (Lipinski definition) is 4. The fourth-order valence-electron chi connectivity index (χ4n) is 4.87. The lowest BCUT2D eigenvalue weighted by molar-refractivity contribution is -0.142. The zero-order valence-corrected chi connectivity index (χ0v) is 24.5. The molecule has 0 unspecified atom stereocenters. The second kappa shape index (κ2) is 13.8. The van der Waals surface area contributed by atoms with Crippen molar-refractivity contribution in [2.24, 2.45) is 17.3 Å². The van der Waals surface area contributed by atoms with Crippen LogP contribution in [0.2, 0.25) is 0 Å². The third-order valence-corrected chi connectivity index (χ3v) is 6.83. The molecule has 10 nitrogen and oxygen atoms in total. The highest BCUT2D eigenvalue weighted by atomic mass is 16.6. The number of alkyl carbamates (subject to hydrolysis) is 1. The summed E-state index contributed by atoms with van der Waals surface area (Å²) < 4.78 is 5.37. The quantitative estimate of drug-likeness (QED) is 0.286. The van der Waals surface area contributed by atoms with Crippen molar-refractivity contribution in [2.45, 2.75) is 85.0 Å². The molecule has 1 aromatic rings. The van der Waals surface area contributed by atoms with Gasteiger partial charge >= 0.3 is 12.1 Å². The molecule has 2 rings (SSSR count). The first-order valence-electron chi connectivity index (χ1n) is 13.7. The van der Waals surface area contributed by atoms with E-state index in [2.05, 4.69) is 17.2 Å². The number of aliphatic hydroxyl groups is 1. The topological polar surface area (TPSA) is 145 Å². The third-order valence-electron chi connectivity index (χ3n) is 6.83. The Morgan fingerprint density at radius 1 is 1.18 bits per heavy atom. The molecule has 40 heavy (non-hydrogen) atoms. The van der Waals surface area contributed by atoms with Gasteiger partial charge in [0.05, 0.1) is 24.0 Å². The average molecular weight is 560 g/mol. The Bertz CT molecular complexity index is 1080. The molecule has 0 radical (unpaired) electrons. The van der Waals surface area contributed by atoms with Crippen molar-refractivity contribution in [1.29, 1.82) is 0 Å². The number of para-hydroxylation sites is 1. The molecule has 0 saturated heterocycles. The smallest absolute Gasteiger partial charge is 0.407 e. The molecule has 1 aliphatic rings. The van der Waals surface area contributed by atoms with E-state index in [-0.39, 0.29) is 37.6 Å². The minimum absolute atomic E-state index is 0.0655. The number of nitrogens with zero attached hydrogens (tertiary/aromatic N) is 1. The van der Waals surface area contributed by atoms with Crippen molar-refractivity contribution in [2.75, 3.05) is 18.0 Å². The van der Waals surface area contributed by atoms with Crippen LogP contribution in [-0.2, 0) is 25.5 Å². The number of hydrogen-bond acceptors (Lipinski definition) is 6. The summed E-state index contributed by atoms with van der Waals surface area (Å²) >= 11 is 0. The van der Waals surface area contributed by atoms with E-state index in [9.17, 15) is 29.4 Å². The van der Waals surface area contributed by atoms with E-state index in [0.717, 1.165) is 11.3 Å². The number of benzene rings is 1. The van der Waals surface area contributed by atoms with Crippen molar-refractivity contribution in [1.82, 2.24) is 10.6 Å². The van der Waals surface area contributed by atoms with Crippen LogP contribution in [0.5, 0.6) is 0 Å². The number of aliphatic carboxylic acids is 1. The Kier molecular flexibility index (Phi) is 11.3. The number of nitrogens with one attached hydrogen (secondary N) is 2. The SMILES string of the molecule is C=CCNC(=O)[C@@H]1Cc2ccccc2N(C(=O)CC(C)(C)C[C@H](NC(=O)OC(C)(C)C)[C@@H](O)C[C@@H](C)C(=O)O)C1. The molecule has 1 aliphatic heterocycles. The Morgan fingerprint density at radius 2 is 1.82 bits per heavy atom. The molecule has 0 spiro atoms.